The van der Waals surface area contributed by atoms with E-state index in [1.165, 1.54) is 0 Å². The Balaban J connectivity index is 1.96. The number of nitrogens with one attached hydrogen (secondary N) is 2. The van der Waals surface area contributed by atoms with E-state index in [2.05, 4.69) is 39.8 Å². The van der Waals surface area contributed by atoms with Crippen molar-refractivity contribution in [2.24, 2.45) is 4.99 Å². The molecule has 2 aromatic rings. The maximum atomic E-state index is 4.59. The van der Waals surface area contributed by atoms with Gasteiger partial charge in [-0.1, -0.05) is 18.2 Å². The summed E-state index contributed by atoms with van der Waals surface area (Å²) in [5, 5.41) is 11.1. The van der Waals surface area contributed by atoms with E-state index in [0.717, 1.165) is 41.8 Å². The Kier molecular flexibility index (Phi) is 2.95. The van der Waals surface area contributed by atoms with Gasteiger partial charge in [-0.05, 0) is 26.0 Å². The molecule has 0 aliphatic carbocycles. The van der Waals surface area contributed by atoms with E-state index in [1.807, 2.05) is 29.8 Å². The van der Waals surface area contributed by atoms with E-state index in [1.54, 1.807) is 0 Å². The van der Waals surface area contributed by atoms with Gasteiger partial charge < -0.3 is 10.6 Å². The van der Waals surface area contributed by atoms with Crippen LogP contribution in [0.1, 0.15) is 11.4 Å². The Morgan fingerprint density at radius 2 is 2.00 bits per heavy atom. The first-order chi connectivity index (χ1) is 9.25. The van der Waals surface area contributed by atoms with Gasteiger partial charge in [-0.3, -0.25) is 4.99 Å². The molecule has 0 saturated carbocycles. The molecule has 0 atom stereocenters. The molecule has 1 aliphatic rings. The molecule has 2 N–H and O–H groups in total. The Hall–Kier alpha value is -2.30. The lowest BCUT2D eigenvalue weighted by Gasteiger charge is -2.07. The first-order valence-electron chi connectivity index (χ1n) is 6.42. The van der Waals surface area contributed by atoms with E-state index in [-0.39, 0.29) is 0 Å². The van der Waals surface area contributed by atoms with Crippen molar-refractivity contribution in [3.8, 4) is 5.69 Å². The molecule has 0 bridgehead atoms. The minimum Gasteiger partial charge on any atom is -0.354 e. The molecule has 1 aromatic heterocycles. The van der Waals surface area contributed by atoms with Gasteiger partial charge in [-0.2, -0.15) is 5.10 Å². The molecule has 0 amide bonds. The predicted octanol–water partition coefficient (Wildman–Crippen LogP) is 1.86. The normalized spacial score (nSPS) is 14.1. The van der Waals surface area contributed by atoms with Crippen molar-refractivity contribution in [1.82, 2.24) is 15.1 Å². The summed E-state index contributed by atoms with van der Waals surface area (Å²) in [5.74, 6) is 0.832. The maximum Gasteiger partial charge on any atom is 0.196 e. The number of anilines is 1. The summed E-state index contributed by atoms with van der Waals surface area (Å²) in [4.78, 5) is 4.35. The van der Waals surface area contributed by atoms with Crippen molar-refractivity contribution >= 4 is 11.6 Å². The summed E-state index contributed by atoms with van der Waals surface area (Å²) in [6, 6.07) is 10.1. The topological polar surface area (TPSA) is 54.2 Å². The van der Waals surface area contributed by atoms with Gasteiger partial charge in [0.25, 0.3) is 0 Å². The number of aliphatic imine (C=N–C) groups is 1. The zero-order chi connectivity index (χ0) is 13.2. The highest BCUT2D eigenvalue weighted by Crippen LogP contribution is 2.22. The summed E-state index contributed by atoms with van der Waals surface area (Å²) in [6.07, 6.45) is 0. The van der Waals surface area contributed by atoms with Crippen molar-refractivity contribution in [3.05, 3.63) is 41.7 Å². The molecule has 0 radical (unpaired) electrons. The minimum atomic E-state index is 0.827. The van der Waals surface area contributed by atoms with Crippen LogP contribution >= 0.6 is 0 Å². The van der Waals surface area contributed by atoms with Crippen LogP contribution in [0, 0.1) is 13.8 Å². The molecule has 1 aliphatic heterocycles. The number of guanidine groups is 1. The fourth-order valence-corrected chi connectivity index (χ4v) is 2.24. The SMILES string of the molecule is Cc1nn(-c2ccccc2)c(C)c1NC1=NCCN1. The first-order valence-corrected chi connectivity index (χ1v) is 6.42. The monoisotopic (exact) mass is 255 g/mol. The largest absolute Gasteiger partial charge is 0.354 e. The number of hydrogen-bond donors (Lipinski definition) is 2. The molecule has 0 fully saturated rings. The second kappa shape index (κ2) is 4.76. The number of aryl methyl sites for hydroxylation is 1. The second-order valence-corrected chi connectivity index (χ2v) is 4.58. The Morgan fingerprint density at radius 1 is 1.21 bits per heavy atom. The highest BCUT2D eigenvalue weighted by molar-refractivity contribution is 5.95. The molecule has 3 rings (SSSR count). The maximum absolute atomic E-state index is 4.59. The first kappa shape index (κ1) is 11.8. The lowest BCUT2D eigenvalue weighted by Crippen LogP contribution is -2.26. The van der Waals surface area contributed by atoms with Gasteiger partial charge in [0.2, 0.25) is 0 Å². The minimum absolute atomic E-state index is 0.827. The Morgan fingerprint density at radius 3 is 2.68 bits per heavy atom. The summed E-state index contributed by atoms with van der Waals surface area (Å²) in [6.45, 7) is 5.79. The number of nitrogens with zero attached hydrogens (tertiary/aromatic N) is 3. The van der Waals surface area contributed by atoms with Gasteiger partial charge in [-0.25, -0.2) is 4.68 Å². The highest BCUT2D eigenvalue weighted by atomic mass is 15.3. The van der Waals surface area contributed by atoms with E-state index in [0.29, 0.717) is 0 Å². The van der Waals surface area contributed by atoms with Crippen molar-refractivity contribution < 1.29 is 0 Å². The molecule has 98 valence electrons. The van der Waals surface area contributed by atoms with Crippen LogP contribution in [-0.4, -0.2) is 28.8 Å². The number of hydrogen-bond acceptors (Lipinski definition) is 4. The molecule has 0 spiro atoms. The fourth-order valence-electron chi connectivity index (χ4n) is 2.24. The third-order valence-corrected chi connectivity index (χ3v) is 3.21. The quantitative estimate of drug-likeness (QED) is 0.861. The van der Waals surface area contributed by atoms with E-state index < -0.39 is 0 Å². The molecular weight excluding hydrogens is 238 g/mol. The molecule has 5 heteroatoms. The molecule has 0 unspecified atom stereocenters. The molecule has 5 nitrogen and oxygen atoms in total. The van der Waals surface area contributed by atoms with Gasteiger partial charge >= 0.3 is 0 Å². The molecule has 1 aromatic carbocycles. The predicted molar refractivity (Wildman–Crippen MR) is 77.0 cm³/mol. The van der Waals surface area contributed by atoms with Crippen molar-refractivity contribution in [2.75, 3.05) is 18.4 Å². The molecular formula is C14H17N5. The van der Waals surface area contributed by atoms with Crippen LogP contribution in [0.5, 0.6) is 0 Å². The van der Waals surface area contributed by atoms with Crippen molar-refractivity contribution in [3.63, 3.8) is 0 Å². The van der Waals surface area contributed by atoms with Gasteiger partial charge in [0, 0.05) is 6.54 Å². The summed E-state index contributed by atoms with van der Waals surface area (Å²) >= 11 is 0. The summed E-state index contributed by atoms with van der Waals surface area (Å²) in [7, 11) is 0. The van der Waals surface area contributed by atoms with Gasteiger partial charge in [0.05, 0.1) is 29.3 Å². The van der Waals surface area contributed by atoms with E-state index >= 15 is 0 Å². The van der Waals surface area contributed by atoms with Crippen LogP contribution < -0.4 is 10.6 Å². The number of benzene rings is 1. The summed E-state index contributed by atoms with van der Waals surface area (Å²) < 4.78 is 1.95. The zero-order valence-electron chi connectivity index (χ0n) is 11.1. The van der Waals surface area contributed by atoms with Crippen LogP contribution in [0.25, 0.3) is 5.69 Å². The number of aromatic nitrogens is 2. The zero-order valence-corrected chi connectivity index (χ0v) is 11.1. The van der Waals surface area contributed by atoms with Gasteiger partial charge in [0.15, 0.2) is 5.96 Å². The second-order valence-electron chi connectivity index (χ2n) is 4.58. The number of rotatable bonds is 2. The number of para-hydroxylation sites is 1. The van der Waals surface area contributed by atoms with E-state index in [9.17, 15) is 0 Å². The van der Waals surface area contributed by atoms with Crippen LogP contribution in [-0.2, 0) is 0 Å². The molecule has 2 heterocycles. The van der Waals surface area contributed by atoms with Crippen LogP contribution in [0.15, 0.2) is 35.3 Å². The Bertz CT molecular complexity index is 612. The van der Waals surface area contributed by atoms with Gasteiger partial charge in [-0.15, -0.1) is 0 Å². The van der Waals surface area contributed by atoms with Crippen molar-refractivity contribution in [2.45, 2.75) is 13.8 Å². The lowest BCUT2D eigenvalue weighted by atomic mass is 10.3. The van der Waals surface area contributed by atoms with Crippen LogP contribution in [0.4, 0.5) is 5.69 Å². The Labute approximate surface area is 112 Å². The van der Waals surface area contributed by atoms with Gasteiger partial charge in [0.1, 0.15) is 0 Å². The summed E-state index contributed by atoms with van der Waals surface area (Å²) in [5.41, 5.74) is 4.15. The third-order valence-electron chi connectivity index (χ3n) is 3.21. The smallest absolute Gasteiger partial charge is 0.196 e. The molecule has 19 heavy (non-hydrogen) atoms. The average molecular weight is 255 g/mol. The molecule has 0 saturated heterocycles. The average Bonchev–Trinajstić information content (AvgIpc) is 3.03. The highest BCUT2D eigenvalue weighted by Gasteiger charge is 2.15. The van der Waals surface area contributed by atoms with Crippen molar-refractivity contribution in [1.29, 1.82) is 0 Å². The third kappa shape index (κ3) is 2.19. The lowest BCUT2D eigenvalue weighted by molar-refractivity contribution is 0.834. The standard InChI is InChI=1S/C14H17N5/c1-10-13(17-14-15-8-9-16-14)11(2)19(18-10)12-6-4-3-5-7-12/h3-7H,8-9H2,1-2H3,(H2,15,16,17). The fraction of sp³-hybridized carbons (Fsp3) is 0.286. The van der Waals surface area contributed by atoms with Crippen LogP contribution in [0.3, 0.4) is 0 Å². The van der Waals surface area contributed by atoms with Crippen LogP contribution in [0.2, 0.25) is 0 Å². The van der Waals surface area contributed by atoms with E-state index in [4.69, 9.17) is 0 Å².